The summed E-state index contributed by atoms with van der Waals surface area (Å²) in [6.07, 6.45) is 3.12. The molecule has 21 heavy (non-hydrogen) atoms. The Hall–Kier alpha value is -1.12. The summed E-state index contributed by atoms with van der Waals surface area (Å²) in [5.41, 5.74) is 6.38. The topological polar surface area (TPSA) is 97.0 Å². The molecule has 0 saturated carbocycles. The molecule has 0 spiro atoms. The molecule has 1 unspecified atom stereocenters. The molecule has 1 atom stereocenters. The fourth-order valence-corrected chi connectivity index (χ4v) is 3.34. The van der Waals surface area contributed by atoms with Crippen LogP contribution in [0.1, 0.15) is 33.1 Å². The average Bonchev–Trinajstić information content (AvgIpc) is 2.81. The third-order valence-electron chi connectivity index (χ3n) is 2.79. The zero-order valence-electron chi connectivity index (χ0n) is 12.3. The predicted octanol–water partition coefficient (Wildman–Crippen LogP) is 2.74. The highest BCUT2D eigenvalue weighted by Crippen LogP contribution is 2.30. The van der Waals surface area contributed by atoms with Crippen molar-refractivity contribution in [1.82, 2.24) is 15.0 Å². The quantitative estimate of drug-likeness (QED) is 0.389. The molecule has 6 nitrogen and oxygen atoms in total. The Morgan fingerprint density at radius 1 is 1.33 bits per heavy atom. The number of aliphatic hydroxyl groups is 1. The second kappa shape index (κ2) is 7.77. The van der Waals surface area contributed by atoms with Gasteiger partial charge in [-0.15, -0.1) is 0 Å². The van der Waals surface area contributed by atoms with E-state index in [4.69, 9.17) is 5.73 Å². The molecule has 2 rings (SSSR count). The first-order chi connectivity index (χ1) is 10.1. The van der Waals surface area contributed by atoms with E-state index in [1.165, 1.54) is 24.2 Å². The summed E-state index contributed by atoms with van der Waals surface area (Å²) in [5.74, 6) is 1.70. The van der Waals surface area contributed by atoms with Crippen LogP contribution in [0.25, 0.3) is 10.3 Å². The maximum atomic E-state index is 9.41. The summed E-state index contributed by atoms with van der Waals surface area (Å²) in [7, 11) is 0. The number of nitrogens with two attached hydrogens (primary N) is 1. The molecule has 0 fully saturated rings. The highest BCUT2D eigenvalue weighted by molar-refractivity contribution is 7.99. The van der Waals surface area contributed by atoms with E-state index in [9.17, 15) is 5.11 Å². The monoisotopic (exact) mass is 327 g/mol. The maximum Gasteiger partial charge on any atom is 0.191 e. The average molecular weight is 327 g/mol. The molecule has 0 bridgehead atoms. The zero-order valence-corrected chi connectivity index (χ0v) is 13.9. The van der Waals surface area contributed by atoms with Crippen molar-refractivity contribution in [3.63, 3.8) is 0 Å². The lowest BCUT2D eigenvalue weighted by Crippen LogP contribution is -2.16. The van der Waals surface area contributed by atoms with Crippen molar-refractivity contribution < 1.29 is 5.11 Å². The number of thiazole rings is 1. The zero-order chi connectivity index (χ0) is 15.2. The minimum atomic E-state index is -0.444. The number of thioether (sulfide) groups is 1. The van der Waals surface area contributed by atoms with Crippen LogP contribution in [0.5, 0.6) is 0 Å². The van der Waals surface area contributed by atoms with E-state index in [2.05, 4.69) is 27.2 Å². The van der Waals surface area contributed by atoms with Gasteiger partial charge in [0.05, 0.1) is 6.10 Å². The van der Waals surface area contributed by atoms with Crippen LogP contribution in [0.2, 0.25) is 0 Å². The lowest BCUT2D eigenvalue weighted by molar-refractivity contribution is 0.208. The molecule has 0 aromatic carbocycles. The molecule has 0 aliphatic carbocycles. The highest BCUT2D eigenvalue weighted by atomic mass is 32.2. The summed E-state index contributed by atoms with van der Waals surface area (Å²) in [5, 5.41) is 13.7. The van der Waals surface area contributed by atoms with Gasteiger partial charge in [0.1, 0.15) is 4.70 Å². The van der Waals surface area contributed by atoms with Crippen molar-refractivity contribution in [1.29, 1.82) is 0 Å². The number of unbranched alkanes of at least 4 members (excludes halogenated alkanes) is 2. The van der Waals surface area contributed by atoms with Crippen molar-refractivity contribution in [3.8, 4) is 0 Å². The first-order valence-electron chi connectivity index (χ1n) is 7.09. The Morgan fingerprint density at radius 2 is 2.14 bits per heavy atom. The number of aromatic nitrogens is 3. The predicted molar refractivity (Wildman–Crippen MR) is 90.0 cm³/mol. The Labute approximate surface area is 132 Å². The van der Waals surface area contributed by atoms with Gasteiger partial charge in [-0.2, -0.15) is 0 Å². The van der Waals surface area contributed by atoms with E-state index >= 15 is 0 Å². The fourth-order valence-electron chi connectivity index (χ4n) is 1.76. The van der Waals surface area contributed by atoms with E-state index in [1.807, 2.05) is 0 Å². The van der Waals surface area contributed by atoms with Crippen LogP contribution in [0.4, 0.5) is 10.9 Å². The van der Waals surface area contributed by atoms with Gasteiger partial charge < -0.3 is 16.2 Å². The molecule has 2 aromatic rings. The number of nitrogens with zero attached hydrogens (tertiary/aromatic N) is 3. The van der Waals surface area contributed by atoms with Crippen molar-refractivity contribution in [2.45, 2.75) is 44.4 Å². The number of aliphatic hydroxyl groups excluding tert-OH is 1. The Balaban J connectivity index is 2.17. The molecule has 4 N–H and O–H groups in total. The van der Waals surface area contributed by atoms with E-state index < -0.39 is 6.10 Å². The first kappa shape index (κ1) is 16.3. The summed E-state index contributed by atoms with van der Waals surface area (Å²) >= 11 is 2.99. The van der Waals surface area contributed by atoms with Crippen LogP contribution in [-0.2, 0) is 0 Å². The van der Waals surface area contributed by atoms with Crippen LogP contribution in [0.3, 0.4) is 0 Å². The second-order valence-corrected chi connectivity index (χ2v) is 6.94. The van der Waals surface area contributed by atoms with Gasteiger partial charge in [-0.1, -0.05) is 42.9 Å². The summed E-state index contributed by atoms with van der Waals surface area (Å²) in [4.78, 5) is 13.2. The van der Waals surface area contributed by atoms with Gasteiger partial charge in [-0.05, 0) is 13.3 Å². The van der Waals surface area contributed by atoms with Gasteiger partial charge in [-0.3, -0.25) is 0 Å². The Morgan fingerprint density at radius 3 is 2.86 bits per heavy atom. The van der Waals surface area contributed by atoms with Crippen molar-refractivity contribution >= 4 is 44.4 Å². The molecule has 0 aliphatic heterocycles. The summed E-state index contributed by atoms with van der Waals surface area (Å²) < 4.78 is 0.839. The third kappa shape index (κ3) is 4.69. The van der Waals surface area contributed by atoms with E-state index in [-0.39, 0.29) is 0 Å². The van der Waals surface area contributed by atoms with E-state index in [1.54, 1.807) is 18.7 Å². The van der Waals surface area contributed by atoms with Gasteiger partial charge in [0.25, 0.3) is 0 Å². The number of fused-ring (bicyclic) bond motifs is 1. The fraction of sp³-hybridized carbons (Fsp3) is 0.615. The SMILES string of the molecule is CCCCCSc1nc(NCC(C)O)c2sc(N)nc2n1. The lowest BCUT2D eigenvalue weighted by atomic mass is 10.3. The second-order valence-electron chi connectivity index (χ2n) is 4.85. The van der Waals surface area contributed by atoms with Crippen molar-refractivity contribution in [2.75, 3.05) is 23.3 Å². The molecule has 8 heteroatoms. The van der Waals surface area contributed by atoms with Crippen LogP contribution in [-0.4, -0.2) is 38.5 Å². The highest BCUT2D eigenvalue weighted by Gasteiger charge is 2.13. The molecule has 0 radical (unpaired) electrons. The van der Waals surface area contributed by atoms with Crippen LogP contribution in [0.15, 0.2) is 5.16 Å². The third-order valence-corrected chi connectivity index (χ3v) is 4.61. The maximum absolute atomic E-state index is 9.41. The number of nitrogens with one attached hydrogen (secondary N) is 1. The van der Waals surface area contributed by atoms with Gasteiger partial charge >= 0.3 is 0 Å². The minimum Gasteiger partial charge on any atom is -0.392 e. The number of rotatable bonds is 8. The van der Waals surface area contributed by atoms with Gasteiger partial charge in [0.2, 0.25) is 0 Å². The normalized spacial score (nSPS) is 12.7. The van der Waals surface area contributed by atoms with Crippen LogP contribution >= 0.6 is 23.1 Å². The lowest BCUT2D eigenvalue weighted by Gasteiger charge is -2.09. The molecular formula is C13H21N5OS2. The van der Waals surface area contributed by atoms with Gasteiger partial charge in [0, 0.05) is 12.3 Å². The van der Waals surface area contributed by atoms with E-state index in [0.29, 0.717) is 28.3 Å². The number of anilines is 2. The molecule has 2 heterocycles. The standard InChI is InChI=1S/C13H21N5OS2/c1-3-4-5-6-20-13-17-10(15-7-8(2)19)9-11(18-13)16-12(14)21-9/h8,19H,3-7H2,1-2H3,(H3,14,15,16,17,18). The first-order valence-corrected chi connectivity index (χ1v) is 8.89. The summed E-state index contributed by atoms with van der Waals surface area (Å²) in [6, 6.07) is 0. The summed E-state index contributed by atoms with van der Waals surface area (Å²) in [6.45, 7) is 4.35. The van der Waals surface area contributed by atoms with Crippen molar-refractivity contribution in [2.24, 2.45) is 0 Å². The van der Waals surface area contributed by atoms with Gasteiger partial charge in [0.15, 0.2) is 21.8 Å². The van der Waals surface area contributed by atoms with E-state index in [0.717, 1.165) is 16.9 Å². The van der Waals surface area contributed by atoms with Crippen LogP contribution in [0, 0.1) is 0 Å². The number of hydrogen-bond acceptors (Lipinski definition) is 8. The molecule has 0 amide bonds. The Bertz CT molecular complexity index is 587. The van der Waals surface area contributed by atoms with Crippen LogP contribution < -0.4 is 11.1 Å². The number of hydrogen-bond donors (Lipinski definition) is 3. The minimum absolute atomic E-state index is 0.434. The Kier molecular flexibility index (Phi) is 6.01. The molecule has 2 aromatic heterocycles. The van der Waals surface area contributed by atoms with Gasteiger partial charge in [-0.25, -0.2) is 15.0 Å². The van der Waals surface area contributed by atoms with Crippen molar-refractivity contribution in [3.05, 3.63) is 0 Å². The molecular weight excluding hydrogens is 306 g/mol. The molecule has 0 aliphatic rings. The smallest absolute Gasteiger partial charge is 0.191 e. The largest absolute Gasteiger partial charge is 0.392 e. The number of nitrogen functional groups attached to an aromatic ring is 1. The molecule has 116 valence electrons. The molecule has 0 saturated heterocycles.